The van der Waals surface area contributed by atoms with Gasteiger partial charge in [0.05, 0.1) is 25.1 Å². The number of nitrogens with one attached hydrogen (secondary N) is 1. The van der Waals surface area contributed by atoms with Crippen LogP contribution in [-0.4, -0.2) is 73.6 Å². The lowest BCUT2D eigenvalue weighted by Gasteiger charge is -2.26. The Morgan fingerprint density at radius 3 is 2.79 bits per heavy atom. The van der Waals surface area contributed by atoms with Crippen LogP contribution in [0.15, 0.2) is 34.3 Å². The fourth-order valence-corrected chi connectivity index (χ4v) is 2.77. The van der Waals surface area contributed by atoms with Gasteiger partial charge in [0.15, 0.2) is 5.69 Å². The van der Waals surface area contributed by atoms with E-state index in [2.05, 4.69) is 45.7 Å². The van der Waals surface area contributed by atoms with Crippen LogP contribution in [0.25, 0.3) is 5.82 Å². The Morgan fingerprint density at radius 1 is 1.28 bits per heavy atom. The zero-order chi connectivity index (χ0) is 20.1. The minimum absolute atomic E-state index is 0.0424. The summed E-state index contributed by atoms with van der Waals surface area (Å²) >= 11 is 0. The van der Waals surface area contributed by atoms with Gasteiger partial charge in [0.25, 0.3) is 5.91 Å². The lowest BCUT2D eigenvalue weighted by atomic mass is 10.2. The summed E-state index contributed by atoms with van der Waals surface area (Å²) in [5.74, 6) is -0.305. The molecule has 1 fully saturated rings. The van der Waals surface area contributed by atoms with Gasteiger partial charge in [0.2, 0.25) is 11.6 Å². The van der Waals surface area contributed by atoms with Crippen LogP contribution in [0.3, 0.4) is 0 Å². The van der Waals surface area contributed by atoms with E-state index in [1.807, 2.05) is 0 Å². The molecule has 3 aromatic rings. The number of anilines is 1. The van der Waals surface area contributed by atoms with Crippen molar-refractivity contribution < 1.29 is 14.2 Å². The summed E-state index contributed by atoms with van der Waals surface area (Å²) < 4.78 is 11.4. The van der Waals surface area contributed by atoms with Gasteiger partial charge in [-0.1, -0.05) is 5.21 Å². The Kier molecular flexibility index (Phi) is 5.49. The molecule has 0 aliphatic carbocycles. The molecule has 0 spiro atoms. The fraction of sp³-hybridized carbons (Fsp3) is 0.312. The third kappa shape index (κ3) is 4.25. The number of aromatic nitrogens is 6. The highest BCUT2D eigenvalue weighted by atomic mass is 16.6. The molecule has 4 rings (SSSR count). The van der Waals surface area contributed by atoms with Gasteiger partial charge < -0.3 is 10.5 Å². The monoisotopic (exact) mass is 398 g/mol. The molecule has 1 aliphatic rings. The summed E-state index contributed by atoms with van der Waals surface area (Å²) in [6, 6.07) is 3.52. The maximum absolute atomic E-state index is 12.7. The Morgan fingerprint density at radius 2 is 2.07 bits per heavy atom. The molecule has 0 radical (unpaired) electrons. The molecule has 0 bridgehead atoms. The van der Waals surface area contributed by atoms with E-state index >= 15 is 0 Å². The van der Waals surface area contributed by atoms with Crippen molar-refractivity contribution in [3.05, 3.63) is 41.5 Å². The summed E-state index contributed by atoms with van der Waals surface area (Å²) in [7, 11) is 0. The van der Waals surface area contributed by atoms with Gasteiger partial charge in [-0.25, -0.2) is 10.1 Å². The van der Waals surface area contributed by atoms with Crippen LogP contribution in [0.1, 0.15) is 21.7 Å². The number of hydrogen-bond donors (Lipinski definition) is 2. The van der Waals surface area contributed by atoms with Gasteiger partial charge in [-0.2, -0.15) is 9.78 Å². The van der Waals surface area contributed by atoms with Crippen LogP contribution in [0.4, 0.5) is 5.82 Å². The van der Waals surface area contributed by atoms with Crippen molar-refractivity contribution in [3.63, 3.8) is 0 Å². The van der Waals surface area contributed by atoms with Crippen molar-refractivity contribution in [1.82, 2.24) is 40.6 Å². The number of hydrazone groups is 1. The minimum Gasteiger partial charge on any atom is -0.379 e. The average Bonchev–Trinajstić information content (AvgIpc) is 3.35. The van der Waals surface area contributed by atoms with E-state index < -0.39 is 5.91 Å². The lowest BCUT2D eigenvalue weighted by molar-refractivity contribution is 0.0332. The van der Waals surface area contributed by atoms with E-state index in [0.717, 1.165) is 5.56 Å². The maximum Gasteiger partial charge on any atom is 0.293 e. The molecule has 0 unspecified atom stereocenters. The number of hydrogen-bond acceptors (Lipinski definition) is 11. The number of nitrogens with zero attached hydrogens (tertiary/aromatic N) is 8. The normalized spacial score (nSPS) is 15.0. The fourth-order valence-electron chi connectivity index (χ4n) is 2.77. The molecule has 0 atom stereocenters. The Balaban J connectivity index is 1.58. The Bertz CT molecular complexity index is 994. The quantitative estimate of drug-likeness (QED) is 0.398. The van der Waals surface area contributed by atoms with Crippen molar-refractivity contribution in [1.29, 1.82) is 0 Å². The first kappa shape index (κ1) is 18.6. The van der Waals surface area contributed by atoms with Gasteiger partial charge in [-0.05, 0) is 28.0 Å². The summed E-state index contributed by atoms with van der Waals surface area (Å²) in [5.41, 5.74) is 9.63. The van der Waals surface area contributed by atoms with Crippen molar-refractivity contribution in [2.75, 3.05) is 32.0 Å². The zero-order valence-electron chi connectivity index (χ0n) is 15.3. The summed E-state index contributed by atoms with van der Waals surface area (Å²) in [6.45, 7) is 3.01. The molecule has 4 heterocycles. The highest BCUT2D eigenvalue weighted by Crippen LogP contribution is 2.18. The molecule has 13 heteroatoms. The van der Waals surface area contributed by atoms with Crippen LogP contribution in [0, 0.1) is 0 Å². The molecule has 0 aromatic carbocycles. The standard InChI is InChI=1S/C16H18N10O3/c17-14-15(23-29-22-14)26-12(10-25-5-7-28-8-6-25)13(20-24-26)16(27)21-19-9-11-1-3-18-4-2-11/h1-4,9H,5-8,10H2,(H2,17,22)(H,21,27). The smallest absolute Gasteiger partial charge is 0.293 e. The van der Waals surface area contributed by atoms with Crippen LogP contribution in [-0.2, 0) is 11.3 Å². The first-order valence-corrected chi connectivity index (χ1v) is 8.79. The number of nitrogen functional groups attached to an aromatic ring is 1. The van der Waals surface area contributed by atoms with Crippen LogP contribution >= 0.6 is 0 Å². The van der Waals surface area contributed by atoms with Crippen molar-refractivity contribution in [2.45, 2.75) is 6.54 Å². The van der Waals surface area contributed by atoms with E-state index in [9.17, 15) is 4.79 Å². The predicted molar refractivity (Wildman–Crippen MR) is 99.0 cm³/mol. The first-order valence-electron chi connectivity index (χ1n) is 8.79. The topological polar surface area (TPSA) is 162 Å². The van der Waals surface area contributed by atoms with Crippen LogP contribution in [0.2, 0.25) is 0 Å². The van der Waals surface area contributed by atoms with Gasteiger partial charge >= 0.3 is 0 Å². The molecule has 3 N–H and O–H groups in total. The van der Waals surface area contributed by atoms with Gasteiger partial charge in [-0.3, -0.25) is 14.7 Å². The highest BCUT2D eigenvalue weighted by Gasteiger charge is 2.26. The largest absolute Gasteiger partial charge is 0.379 e. The predicted octanol–water partition coefficient (Wildman–Crippen LogP) is -0.776. The number of rotatable bonds is 6. The zero-order valence-corrected chi connectivity index (χ0v) is 15.3. The number of carbonyl (C=O) groups is 1. The molecule has 1 amide bonds. The molecule has 29 heavy (non-hydrogen) atoms. The molecule has 1 aliphatic heterocycles. The number of morpholine rings is 1. The van der Waals surface area contributed by atoms with Crippen molar-refractivity contribution in [2.24, 2.45) is 5.10 Å². The van der Waals surface area contributed by atoms with Gasteiger partial charge in [0.1, 0.15) is 0 Å². The first-order chi connectivity index (χ1) is 14.2. The van der Waals surface area contributed by atoms with E-state index in [4.69, 9.17) is 10.5 Å². The summed E-state index contributed by atoms with van der Waals surface area (Å²) in [6.07, 6.45) is 4.77. The number of nitrogens with two attached hydrogens (primary N) is 1. The third-order valence-corrected chi connectivity index (χ3v) is 4.24. The Labute approximate surface area is 164 Å². The van der Waals surface area contributed by atoms with Gasteiger partial charge in [0, 0.05) is 32.0 Å². The average molecular weight is 398 g/mol. The van der Waals surface area contributed by atoms with E-state index in [0.29, 0.717) is 38.5 Å². The van der Waals surface area contributed by atoms with Crippen molar-refractivity contribution in [3.8, 4) is 5.82 Å². The molecule has 13 nitrogen and oxygen atoms in total. The van der Waals surface area contributed by atoms with E-state index in [1.165, 1.54) is 10.9 Å². The molecular weight excluding hydrogens is 380 g/mol. The lowest BCUT2D eigenvalue weighted by Crippen LogP contribution is -2.37. The minimum atomic E-state index is -0.514. The van der Waals surface area contributed by atoms with E-state index in [1.54, 1.807) is 24.5 Å². The SMILES string of the molecule is Nc1nonc1-n1nnc(C(=O)NN=Cc2ccncc2)c1CN1CCOCC1. The molecule has 1 saturated heterocycles. The number of amides is 1. The molecular formula is C16H18N10O3. The maximum atomic E-state index is 12.7. The second kappa shape index (κ2) is 8.53. The third-order valence-electron chi connectivity index (χ3n) is 4.24. The molecule has 3 aromatic heterocycles. The number of pyridine rings is 1. The van der Waals surface area contributed by atoms with Crippen LogP contribution in [0.5, 0.6) is 0 Å². The van der Waals surface area contributed by atoms with Crippen molar-refractivity contribution >= 4 is 17.9 Å². The van der Waals surface area contributed by atoms with Crippen LogP contribution < -0.4 is 11.2 Å². The second-order valence-electron chi connectivity index (χ2n) is 6.14. The van der Waals surface area contributed by atoms with Gasteiger partial charge in [-0.15, -0.1) is 5.10 Å². The Hall–Kier alpha value is -3.71. The summed E-state index contributed by atoms with van der Waals surface area (Å²) in [5, 5.41) is 19.3. The number of carbonyl (C=O) groups excluding carboxylic acids is 1. The second-order valence-corrected chi connectivity index (χ2v) is 6.14. The highest BCUT2D eigenvalue weighted by molar-refractivity contribution is 5.94. The molecule has 150 valence electrons. The summed E-state index contributed by atoms with van der Waals surface area (Å²) in [4.78, 5) is 18.7. The number of ether oxygens (including phenoxy) is 1. The van der Waals surface area contributed by atoms with E-state index in [-0.39, 0.29) is 17.3 Å². The molecule has 0 saturated carbocycles.